The molecule has 1 aromatic heterocycles. The van der Waals surface area contributed by atoms with Crippen LogP contribution in [0.15, 0.2) is 26.3 Å². The van der Waals surface area contributed by atoms with Gasteiger partial charge in [0.2, 0.25) is 0 Å². The van der Waals surface area contributed by atoms with Gasteiger partial charge >= 0.3 is 5.91 Å². The van der Waals surface area contributed by atoms with Crippen LogP contribution in [0.2, 0.25) is 0 Å². The number of hydrogen-bond acceptors (Lipinski definition) is 3. The maximum atomic E-state index is 11.5. The van der Waals surface area contributed by atoms with Gasteiger partial charge in [-0.1, -0.05) is 0 Å². The molecule has 1 N–H and O–H groups in total. The van der Waals surface area contributed by atoms with E-state index in [1.165, 1.54) is 12.8 Å². The van der Waals surface area contributed by atoms with E-state index in [-0.39, 0.29) is 11.7 Å². The van der Waals surface area contributed by atoms with E-state index >= 15 is 0 Å². The van der Waals surface area contributed by atoms with Crippen LogP contribution < -0.4 is 5.43 Å². The highest BCUT2D eigenvalue weighted by atomic mass is 79.9. The fraction of sp³-hybridized carbons (Fsp3) is 0.400. The SMILES string of the molecule is CC(=NNC(=O)c1ccc(Br)o1)C1CC1. The number of furan rings is 1. The first kappa shape index (κ1) is 10.4. The lowest BCUT2D eigenvalue weighted by Gasteiger charge is -1.98. The molecule has 0 aliphatic heterocycles. The summed E-state index contributed by atoms with van der Waals surface area (Å²) in [6.45, 7) is 1.93. The molecule has 1 aliphatic carbocycles. The number of nitrogens with zero attached hydrogens (tertiary/aromatic N) is 1. The molecule has 1 fully saturated rings. The number of nitrogens with one attached hydrogen (secondary N) is 1. The largest absolute Gasteiger partial charge is 0.444 e. The predicted molar refractivity (Wildman–Crippen MR) is 59.7 cm³/mol. The second-order valence-corrected chi connectivity index (χ2v) is 4.35. The first-order valence-corrected chi connectivity index (χ1v) is 5.56. The van der Waals surface area contributed by atoms with E-state index in [2.05, 4.69) is 26.5 Å². The van der Waals surface area contributed by atoms with Gasteiger partial charge in [0.25, 0.3) is 0 Å². The quantitative estimate of drug-likeness (QED) is 0.678. The Bertz CT molecular complexity index is 407. The summed E-state index contributed by atoms with van der Waals surface area (Å²) >= 11 is 3.13. The topological polar surface area (TPSA) is 54.6 Å². The molecule has 1 saturated carbocycles. The third kappa shape index (κ3) is 2.68. The van der Waals surface area contributed by atoms with E-state index in [4.69, 9.17) is 4.42 Å². The highest BCUT2D eigenvalue weighted by Gasteiger charge is 2.24. The van der Waals surface area contributed by atoms with Crippen molar-refractivity contribution in [1.29, 1.82) is 0 Å². The number of carbonyl (C=O) groups is 1. The number of hydrogen-bond donors (Lipinski definition) is 1. The van der Waals surface area contributed by atoms with Crippen molar-refractivity contribution in [3.63, 3.8) is 0 Å². The van der Waals surface area contributed by atoms with Crippen LogP contribution in [0.1, 0.15) is 30.3 Å². The Kier molecular flexibility index (Phi) is 2.90. The van der Waals surface area contributed by atoms with Crippen LogP contribution in [-0.4, -0.2) is 11.6 Å². The van der Waals surface area contributed by atoms with Gasteiger partial charge in [-0.05, 0) is 53.7 Å². The minimum atomic E-state index is -0.319. The molecular weight excluding hydrogens is 260 g/mol. The molecule has 1 aromatic rings. The average Bonchev–Trinajstić information content (AvgIpc) is 2.97. The van der Waals surface area contributed by atoms with Crippen molar-refractivity contribution in [2.45, 2.75) is 19.8 Å². The highest BCUT2D eigenvalue weighted by Crippen LogP contribution is 2.30. The van der Waals surface area contributed by atoms with Crippen molar-refractivity contribution in [1.82, 2.24) is 5.43 Å². The van der Waals surface area contributed by atoms with Crippen molar-refractivity contribution in [3.8, 4) is 0 Å². The van der Waals surface area contributed by atoms with Gasteiger partial charge in [0.15, 0.2) is 10.4 Å². The summed E-state index contributed by atoms with van der Waals surface area (Å²) in [4.78, 5) is 11.5. The van der Waals surface area contributed by atoms with Crippen molar-refractivity contribution >= 4 is 27.5 Å². The van der Waals surface area contributed by atoms with E-state index in [0.717, 1.165) is 5.71 Å². The molecule has 2 rings (SSSR count). The number of hydrazone groups is 1. The molecule has 1 aliphatic rings. The fourth-order valence-electron chi connectivity index (χ4n) is 1.22. The first-order chi connectivity index (χ1) is 7.16. The zero-order valence-electron chi connectivity index (χ0n) is 8.29. The zero-order valence-corrected chi connectivity index (χ0v) is 9.87. The standard InChI is InChI=1S/C10H11BrN2O2/c1-6(7-2-3-7)12-13-10(14)8-4-5-9(11)15-8/h4-5,7H,2-3H2,1H3,(H,13,14). The predicted octanol–water partition coefficient (Wildman–Crippen LogP) is 2.56. The van der Waals surface area contributed by atoms with E-state index in [0.29, 0.717) is 10.6 Å². The maximum Gasteiger partial charge on any atom is 0.307 e. The van der Waals surface area contributed by atoms with Crippen LogP contribution in [0, 0.1) is 5.92 Å². The molecule has 1 amide bonds. The van der Waals surface area contributed by atoms with Crippen LogP contribution in [-0.2, 0) is 0 Å². The van der Waals surface area contributed by atoms with Crippen LogP contribution in [0.4, 0.5) is 0 Å². The molecule has 0 radical (unpaired) electrons. The fourth-order valence-corrected chi connectivity index (χ4v) is 1.53. The number of amides is 1. The van der Waals surface area contributed by atoms with Gasteiger partial charge in [-0.25, -0.2) is 5.43 Å². The lowest BCUT2D eigenvalue weighted by Crippen LogP contribution is -2.18. The Labute approximate surface area is 95.9 Å². The minimum absolute atomic E-state index is 0.259. The summed E-state index contributed by atoms with van der Waals surface area (Å²) in [5, 5.41) is 4.01. The maximum absolute atomic E-state index is 11.5. The summed E-state index contributed by atoms with van der Waals surface area (Å²) in [7, 11) is 0. The molecule has 0 atom stereocenters. The first-order valence-electron chi connectivity index (χ1n) is 4.76. The molecule has 5 heteroatoms. The summed E-state index contributed by atoms with van der Waals surface area (Å²) in [5.74, 6) is 0.503. The van der Waals surface area contributed by atoms with E-state index in [1.807, 2.05) is 6.92 Å². The molecule has 80 valence electrons. The molecule has 0 aromatic carbocycles. The van der Waals surface area contributed by atoms with Gasteiger partial charge in [0.1, 0.15) is 0 Å². The lowest BCUT2D eigenvalue weighted by molar-refractivity contribution is 0.0925. The molecule has 0 spiro atoms. The molecule has 15 heavy (non-hydrogen) atoms. The Balaban J connectivity index is 1.94. The normalized spacial score (nSPS) is 16.5. The molecule has 4 nitrogen and oxygen atoms in total. The molecule has 1 heterocycles. The van der Waals surface area contributed by atoms with E-state index in [1.54, 1.807) is 12.1 Å². The average molecular weight is 271 g/mol. The summed E-state index contributed by atoms with van der Waals surface area (Å²) < 4.78 is 5.63. The number of halogens is 1. The highest BCUT2D eigenvalue weighted by molar-refractivity contribution is 9.10. The van der Waals surface area contributed by atoms with Gasteiger partial charge in [-0.3, -0.25) is 4.79 Å². The number of rotatable bonds is 3. The molecular formula is C10H11BrN2O2. The van der Waals surface area contributed by atoms with Gasteiger partial charge in [-0.15, -0.1) is 0 Å². The van der Waals surface area contributed by atoms with Crippen molar-refractivity contribution in [2.24, 2.45) is 11.0 Å². The van der Waals surface area contributed by atoms with Crippen LogP contribution in [0.5, 0.6) is 0 Å². The Hall–Kier alpha value is -1.10. The van der Waals surface area contributed by atoms with Crippen LogP contribution >= 0.6 is 15.9 Å². The second-order valence-electron chi connectivity index (χ2n) is 3.57. The third-order valence-electron chi connectivity index (χ3n) is 2.30. The smallest absolute Gasteiger partial charge is 0.307 e. The van der Waals surface area contributed by atoms with E-state index < -0.39 is 0 Å². The lowest BCUT2D eigenvalue weighted by atomic mass is 10.3. The Morgan fingerprint density at radius 3 is 2.87 bits per heavy atom. The van der Waals surface area contributed by atoms with Gasteiger partial charge < -0.3 is 4.42 Å². The monoisotopic (exact) mass is 270 g/mol. The minimum Gasteiger partial charge on any atom is -0.444 e. The molecule has 0 bridgehead atoms. The van der Waals surface area contributed by atoms with Gasteiger partial charge in [0.05, 0.1) is 0 Å². The molecule has 0 unspecified atom stereocenters. The Morgan fingerprint density at radius 2 is 2.33 bits per heavy atom. The van der Waals surface area contributed by atoms with Crippen molar-refractivity contribution in [3.05, 3.63) is 22.6 Å². The second kappa shape index (κ2) is 4.18. The van der Waals surface area contributed by atoms with Gasteiger partial charge in [0, 0.05) is 5.71 Å². The molecule has 0 saturated heterocycles. The van der Waals surface area contributed by atoms with E-state index in [9.17, 15) is 4.79 Å². The van der Waals surface area contributed by atoms with Crippen LogP contribution in [0.25, 0.3) is 0 Å². The Morgan fingerprint density at radius 1 is 1.60 bits per heavy atom. The summed E-state index contributed by atoms with van der Waals surface area (Å²) in [6.07, 6.45) is 2.36. The summed E-state index contributed by atoms with van der Waals surface area (Å²) in [6, 6.07) is 3.27. The van der Waals surface area contributed by atoms with Crippen molar-refractivity contribution in [2.75, 3.05) is 0 Å². The van der Waals surface area contributed by atoms with Gasteiger partial charge in [-0.2, -0.15) is 5.10 Å². The van der Waals surface area contributed by atoms with Crippen molar-refractivity contribution < 1.29 is 9.21 Å². The zero-order chi connectivity index (χ0) is 10.8. The third-order valence-corrected chi connectivity index (χ3v) is 2.73. The van der Waals surface area contributed by atoms with Crippen LogP contribution in [0.3, 0.4) is 0 Å². The number of carbonyl (C=O) groups excluding carboxylic acids is 1. The summed E-state index contributed by atoms with van der Waals surface area (Å²) in [5.41, 5.74) is 3.45.